The van der Waals surface area contributed by atoms with Gasteiger partial charge >= 0.3 is 0 Å². The zero-order chi connectivity index (χ0) is 41.4. The monoisotopic (exact) mass is 721 g/mol. The molecule has 0 N–H and O–H groups in total. The van der Waals surface area contributed by atoms with Gasteiger partial charge < -0.3 is 8.98 Å². The van der Waals surface area contributed by atoms with Crippen LogP contribution in [0.3, 0.4) is 0 Å². The first-order valence-electron chi connectivity index (χ1n) is 20.9. The lowest BCUT2D eigenvalue weighted by molar-refractivity contribution is 0.669. The van der Waals surface area contributed by atoms with Gasteiger partial charge in [0.25, 0.3) is 0 Å². The van der Waals surface area contributed by atoms with Crippen LogP contribution in [0.1, 0.15) is 6.85 Å². The van der Waals surface area contributed by atoms with Gasteiger partial charge in [-0.05, 0) is 52.6 Å². The van der Waals surface area contributed by atoms with Crippen LogP contribution < -0.4 is 0 Å². The quantitative estimate of drug-likeness (QED) is 0.172. The third kappa shape index (κ3) is 5.21. The summed E-state index contributed by atoms with van der Waals surface area (Å²) in [5, 5.41) is 3.96. The fourth-order valence-corrected chi connectivity index (χ4v) is 7.91. The van der Waals surface area contributed by atoms with E-state index in [0.29, 0.717) is 22.3 Å². The number of hydrogen-bond donors (Lipinski definition) is 0. The van der Waals surface area contributed by atoms with E-state index in [2.05, 4.69) is 53.1 Å². The van der Waals surface area contributed by atoms with Crippen molar-refractivity contribution in [1.82, 2.24) is 19.5 Å². The molecule has 56 heavy (non-hydrogen) atoms. The molecular weight excluding hydrogens is 685 g/mol. The Balaban J connectivity index is 1.28. The van der Waals surface area contributed by atoms with E-state index in [-0.39, 0.29) is 23.0 Å². The van der Waals surface area contributed by atoms with Gasteiger partial charge in [0.2, 0.25) is 0 Å². The van der Waals surface area contributed by atoms with Crippen molar-refractivity contribution in [2.75, 3.05) is 0 Å². The molecule has 0 saturated carbocycles. The van der Waals surface area contributed by atoms with E-state index in [1.54, 1.807) is 0 Å². The van der Waals surface area contributed by atoms with Crippen LogP contribution in [0.4, 0.5) is 0 Å². The molecule has 0 radical (unpaired) electrons. The fraction of sp³-hybridized carbons (Fsp3) is 0. The van der Waals surface area contributed by atoms with Gasteiger partial charge in [0.15, 0.2) is 17.5 Å². The van der Waals surface area contributed by atoms with Gasteiger partial charge in [0, 0.05) is 38.4 Å². The second-order valence-corrected chi connectivity index (χ2v) is 13.6. The van der Waals surface area contributed by atoms with Crippen molar-refractivity contribution in [3.8, 4) is 62.1 Å². The molecule has 5 nitrogen and oxygen atoms in total. The normalized spacial score (nSPS) is 12.8. The van der Waals surface area contributed by atoms with Crippen LogP contribution in [0, 0.1) is 0 Å². The average molecular weight is 722 g/mol. The average Bonchev–Trinajstić information content (AvgIpc) is 3.86. The van der Waals surface area contributed by atoms with Crippen molar-refractivity contribution < 1.29 is 11.3 Å². The fourth-order valence-electron chi connectivity index (χ4n) is 7.91. The second-order valence-electron chi connectivity index (χ2n) is 13.6. The Hall–Kier alpha value is -7.63. The van der Waals surface area contributed by atoms with Crippen LogP contribution in [-0.4, -0.2) is 19.5 Å². The molecule has 8 aromatic carbocycles. The van der Waals surface area contributed by atoms with Crippen LogP contribution in [0.5, 0.6) is 0 Å². The van der Waals surface area contributed by atoms with Gasteiger partial charge in [-0.2, -0.15) is 0 Å². The largest absolute Gasteiger partial charge is 0.455 e. The van der Waals surface area contributed by atoms with Crippen molar-refractivity contribution in [1.29, 1.82) is 0 Å². The lowest BCUT2D eigenvalue weighted by Crippen LogP contribution is -2.02. The number of hydrogen-bond acceptors (Lipinski definition) is 4. The van der Waals surface area contributed by atoms with Crippen molar-refractivity contribution in [2.24, 2.45) is 0 Å². The Kier molecular flexibility index (Phi) is 6.29. The Morgan fingerprint density at radius 1 is 0.429 bits per heavy atom. The Bertz CT molecular complexity index is 3470. The van der Waals surface area contributed by atoms with Gasteiger partial charge in [0.1, 0.15) is 11.2 Å². The molecule has 0 aliphatic rings. The standard InChI is InChI=1S/C51H32N4O/c1-4-17-33(18-5-1)37-23-10-11-26-41(37)50-52-49(35-21-8-3-9-22-35)53-51(54-50)43-32-36(55-44-28-14-12-24-39(44)40-25-13-15-29-45(40)55)31-42-47-38(34-19-6-2-7-20-34)27-16-30-46(47)56-48(42)43/h1-32H/i3D,8D,9D,21D,22D. The maximum atomic E-state index is 9.00. The number of para-hydroxylation sites is 2. The molecule has 0 atom stereocenters. The van der Waals surface area contributed by atoms with Gasteiger partial charge in [-0.25, -0.2) is 15.0 Å². The van der Waals surface area contributed by atoms with E-state index in [0.717, 1.165) is 60.5 Å². The predicted octanol–water partition coefficient (Wildman–Crippen LogP) is 13.2. The number of furan rings is 1. The number of nitrogens with zero attached hydrogens (tertiary/aromatic N) is 4. The number of rotatable bonds is 6. The molecule has 0 aliphatic heterocycles. The Morgan fingerprint density at radius 3 is 1.68 bits per heavy atom. The molecule has 0 amide bonds. The summed E-state index contributed by atoms with van der Waals surface area (Å²) in [7, 11) is 0. The third-order valence-electron chi connectivity index (χ3n) is 10.4. The Morgan fingerprint density at radius 2 is 0.982 bits per heavy atom. The molecule has 0 unspecified atom stereocenters. The lowest BCUT2D eigenvalue weighted by Gasteiger charge is -2.14. The summed E-state index contributed by atoms with van der Waals surface area (Å²) < 4.78 is 52.6. The third-order valence-corrected chi connectivity index (χ3v) is 10.4. The maximum absolute atomic E-state index is 9.00. The highest BCUT2D eigenvalue weighted by atomic mass is 16.3. The summed E-state index contributed by atoms with van der Waals surface area (Å²) in [6.07, 6.45) is 0. The summed E-state index contributed by atoms with van der Waals surface area (Å²) >= 11 is 0. The van der Waals surface area contributed by atoms with Crippen LogP contribution in [0.2, 0.25) is 0 Å². The van der Waals surface area contributed by atoms with Crippen molar-refractivity contribution in [2.45, 2.75) is 0 Å². The molecule has 0 saturated heterocycles. The van der Waals surface area contributed by atoms with E-state index in [4.69, 9.17) is 26.2 Å². The van der Waals surface area contributed by atoms with Crippen LogP contribution in [-0.2, 0) is 0 Å². The second kappa shape index (κ2) is 13.0. The topological polar surface area (TPSA) is 56.7 Å². The van der Waals surface area contributed by atoms with Gasteiger partial charge in [-0.3, -0.25) is 0 Å². The molecule has 11 aromatic rings. The summed E-state index contributed by atoms with van der Waals surface area (Å²) in [4.78, 5) is 15.2. The van der Waals surface area contributed by atoms with Crippen LogP contribution >= 0.6 is 0 Å². The smallest absolute Gasteiger partial charge is 0.167 e. The summed E-state index contributed by atoms with van der Waals surface area (Å²) in [6, 6.07) is 52.4. The molecule has 3 heterocycles. The van der Waals surface area contributed by atoms with E-state index in [1.807, 2.05) is 115 Å². The van der Waals surface area contributed by atoms with Crippen LogP contribution in [0.25, 0.3) is 106 Å². The minimum atomic E-state index is -0.500. The zero-order valence-corrected chi connectivity index (χ0v) is 29.8. The van der Waals surface area contributed by atoms with Crippen molar-refractivity contribution in [3.05, 3.63) is 194 Å². The van der Waals surface area contributed by atoms with E-state index in [9.17, 15) is 0 Å². The predicted molar refractivity (Wildman–Crippen MR) is 229 cm³/mol. The maximum Gasteiger partial charge on any atom is 0.167 e. The van der Waals surface area contributed by atoms with Gasteiger partial charge in [-0.15, -0.1) is 0 Å². The number of benzene rings is 8. The highest BCUT2D eigenvalue weighted by Crippen LogP contribution is 2.43. The zero-order valence-electron chi connectivity index (χ0n) is 34.8. The number of fused-ring (bicyclic) bond motifs is 6. The molecule has 0 fully saturated rings. The first-order valence-corrected chi connectivity index (χ1v) is 18.4. The molecule has 0 aliphatic carbocycles. The molecule has 11 rings (SSSR count). The minimum absolute atomic E-state index is 0.0589. The van der Waals surface area contributed by atoms with Gasteiger partial charge in [-0.1, -0.05) is 164 Å². The molecule has 0 bridgehead atoms. The first kappa shape index (κ1) is 27.0. The summed E-state index contributed by atoms with van der Waals surface area (Å²) in [5.74, 6) is 0.418. The molecule has 0 spiro atoms. The highest BCUT2D eigenvalue weighted by Gasteiger charge is 2.23. The molecular formula is C51H32N4O. The molecule has 262 valence electrons. The van der Waals surface area contributed by atoms with Crippen LogP contribution in [0.15, 0.2) is 198 Å². The van der Waals surface area contributed by atoms with E-state index < -0.39 is 30.2 Å². The summed E-state index contributed by atoms with van der Waals surface area (Å²) in [5.41, 5.74) is 8.97. The van der Waals surface area contributed by atoms with E-state index >= 15 is 0 Å². The van der Waals surface area contributed by atoms with Crippen molar-refractivity contribution >= 4 is 43.7 Å². The number of aromatic nitrogens is 4. The lowest BCUT2D eigenvalue weighted by atomic mass is 9.98. The highest BCUT2D eigenvalue weighted by molar-refractivity contribution is 6.16. The SMILES string of the molecule is [2H]c1c([2H])c([2H])c(-c2nc(-c3ccccc3-c3ccccc3)nc(-c3cc(-n4c5ccccc5c5ccccc54)cc4c3oc3cccc(-c5ccccc5)c34)n2)c([2H])c1[2H]. The summed E-state index contributed by atoms with van der Waals surface area (Å²) in [6.45, 7) is 0. The van der Waals surface area contributed by atoms with Crippen molar-refractivity contribution in [3.63, 3.8) is 0 Å². The minimum Gasteiger partial charge on any atom is -0.455 e. The van der Waals surface area contributed by atoms with E-state index in [1.165, 1.54) is 0 Å². The van der Waals surface area contributed by atoms with Gasteiger partial charge in [0.05, 0.1) is 23.5 Å². The Labute approximate surface area is 329 Å². The molecule has 3 aromatic heterocycles. The first-order chi connectivity index (χ1) is 29.9. The molecule has 5 heteroatoms.